The fourth-order valence-corrected chi connectivity index (χ4v) is 2.89. The van der Waals surface area contributed by atoms with Gasteiger partial charge in [0.2, 0.25) is 5.91 Å². The van der Waals surface area contributed by atoms with Crippen molar-refractivity contribution in [1.29, 1.82) is 0 Å². The average molecular weight is 305 g/mol. The lowest BCUT2D eigenvalue weighted by atomic mass is 9.74. The molecule has 0 bridgehead atoms. The molecule has 0 unspecified atom stereocenters. The highest BCUT2D eigenvalue weighted by Gasteiger charge is 2.37. The first-order valence-electron chi connectivity index (χ1n) is 7.67. The molecule has 0 saturated heterocycles. The number of aromatic carboxylic acids is 1. The van der Waals surface area contributed by atoms with Gasteiger partial charge in [-0.1, -0.05) is 18.2 Å². The van der Waals surface area contributed by atoms with E-state index in [1.807, 2.05) is 0 Å². The minimum Gasteiger partial charge on any atom is -0.478 e. The van der Waals surface area contributed by atoms with Crippen molar-refractivity contribution in [2.24, 2.45) is 0 Å². The molecule has 2 N–H and O–H groups in total. The van der Waals surface area contributed by atoms with Gasteiger partial charge in [-0.05, 0) is 43.7 Å². The van der Waals surface area contributed by atoms with E-state index in [1.54, 1.807) is 31.4 Å². The molecule has 5 heteroatoms. The highest BCUT2D eigenvalue weighted by molar-refractivity contribution is 5.89. The number of carbonyl (C=O) groups is 2. The molecule has 0 atom stereocenters. The third-order valence-electron chi connectivity index (χ3n) is 4.37. The van der Waals surface area contributed by atoms with Crippen LogP contribution in [0.15, 0.2) is 24.3 Å². The first kappa shape index (κ1) is 16.5. The maximum Gasteiger partial charge on any atom is 0.335 e. The van der Waals surface area contributed by atoms with Crippen molar-refractivity contribution in [2.75, 3.05) is 13.7 Å². The lowest BCUT2D eigenvalue weighted by Gasteiger charge is -2.42. The molecule has 1 aliphatic rings. The molecule has 1 aliphatic carbocycles. The van der Waals surface area contributed by atoms with Crippen LogP contribution >= 0.6 is 0 Å². The first-order chi connectivity index (χ1) is 10.6. The van der Waals surface area contributed by atoms with E-state index in [4.69, 9.17) is 9.84 Å². The van der Waals surface area contributed by atoms with Crippen LogP contribution in [0.5, 0.6) is 0 Å². The van der Waals surface area contributed by atoms with Gasteiger partial charge in [0.15, 0.2) is 0 Å². The zero-order valence-corrected chi connectivity index (χ0v) is 12.9. The van der Waals surface area contributed by atoms with Crippen molar-refractivity contribution in [2.45, 2.75) is 44.1 Å². The van der Waals surface area contributed by atoms with Crippen LogP contribution < -0.4 is 5.32 Å². The largest absolute Gasteiger partial charge is 0.478 e. The molecule has 1 aromatic rings. The highest BCUT2D eigenvalue weighted by atomic mass is 16.5. The lowest BCUT2D eigenvalue weighted by molar-refractivity contribution is -0.124. The quantitative estimate of drug-likeness (QED) is 0.773. The van der Waals surface area contributed by atoms with E-state index in [2.05, 4.69) is 5.32 Å². The van der Waals surface area contributed by atoms with Crippen molar-refractivity contribution >= 4 is 11.9 Å². The second-order valence-corrected chi connectivity index (χ2v) is 5.89. The number of aryl methyl sites for hydroxylation is 1. The van der Waals surface area contributed by atoms with Crippen LogP contribution in [0.1, 0.15) is 48.0 Å². The Morgan fingerprint density at radius 1 is 1.32 bits per heavy atom. The van der Waals surface area contributed by atoms with Gasteiger partial charge in [0.05, 0.1) is 5.56 Å². The molecule has 2 rings (SSSR count). The van der Waals surface area contributed by atoms with Crippen LogP contribution in [-0.2, 0) is 16.0 Å². The van der Waals surface area contributed by atoms with E-state index in [9.17, 15) is 9.59 Å². The van der Waals surface area contributed by atoms with Crippen molar-refractivity contribution in [3.8, 4) is 0 Å². The molecule has 0 aliphatic heterocycles. The van der Waals surface area contributed by atoms with E-state index in [0.717, 1.165) is 25.7 Å². The van der Waals surface area contributed by atoms with E-state index >= 15 is 0 Å². The summed E-state index contributed by atoms with van der Waals surface area (Å²) in [5, 5.41) is 12.3. The molecule has 0 heterocycles. The van der Waals surface area contributed by atoms with Crippen LogP contribution in [0, 0.1) is 0 Å². The maximum atomic E-state index is 12.2. The smallest absolute Gasteiger partial charge is 0.335 e. The van der Waals surface area contributed by atoms with Gasteiger partial charge >= 0.3 is 5.97 Å². The molecule has 5 nitrogen and oxygen atoms in total. The van der Waals surface area contributed by atoms with Crippen LogP contribution in [-0.4, -0.2) is 36.2 Å². The van der Waals surface area contributed by atoms with Gasteiger partial charge in [-0.2, -0.15) is 0 Å². The number of hydrogen-bond acceptors (Lipinski definition) is 3. The summed E-state index contributed by atoms with van der Waals surface area (Å²) in [5.41, 5.74) is 0.858. The molecule has 0 spiro atoms. The normalized spacial score (nSPS) is 15.9. The summed E-state index contributed by atoms with van der Waals surface area (Å²) in [6.07, 6.45) is 4.70. The topological polar surface area (TPSA) is 75.6 Å². The second kappa shape index (κ2) is 7.40. The van der Waals surface area contributed by atoms with Gasteiger partial charge in [-0.25, -0.2) is 4.79 Å². The Bertz CT molecular complexity index is 537. The molecule has 1 aromatic carbocycles. The fourth-order valence-electron chi connectivity index (χ4n) is 2.89. The van der Waals surface area contributed by atoms with E-state index in [-0.39, 0.29) is 17.0 Å². The SMILES string of the molecule is COCCC1(NC(=O)CCc2ccccc2C(=O)O)CCC1. The Balaban J connectivity index is 1.89. The molecule has 0 radical (unpaired) electrons. The van der Waals surface area contributed by atoms with Gasteiger partial charge < -0.3 is 15.2 Å². The van der Waals surface area contributed by atoms with E-state index in [1.165, 1.54) is 0 Å². The van der Waals surface area contributed by atoms with Crippen molar-refractivity contribution < 1.29 is 19.4 Å². The number of nitrogens with one attached hydrogen (secondary N) is 1. The zero-order chi connectivity index (χ0) is 16.0. The highest BCUT2D eigenvalue weighted by Crippen LogP contribution is 2.35. The summed E-state index contributed by atoms with van der Waals surface area (Å²) in [5.74, 6) is -0.970. The van der Waals surface area contributed by atoms with Crippen molar-refractivity contribution in [3.63, 3.8) is 0 Å². The van der Waals surface area contributed by atoms with Crippen LogP contribution in [0.2, 0.25) is 0 Å². The van der Waals surface area contributed by atoms with Crippen LogP contribution in [0.4, 0.5) is 0 Å². The summed E-state index contributed by atoms with van der Waals surface area (Å²) >= 11 is 0. The van der Waals surface area contributed by atoms with Crippen LogP contribution in [0.25, 0.3) is 0 Å². The monoisotopic (exact) mass is 305 g/mol. The number of amides is 1. The predicted molar refractivity (Wildman–Crippen MR) is 82.9 cm³/mol. The number of hydrogen-bond donors (Lipinski definition) is 2. The Hall–Kier alpha value is -1.88. The number of benzene rings is 1. The molecule has 1 saturated carbocycles. The first-order valence-corrected chi connectivity index (χ1v) is 7.67. The summed E-state index contributed by atoms with van der Waals surface area (Å²) in [7, 11) is 1.66. The molecular weight excluding hydrogens is 282 g/mol. The minimum absolute atomic E-state index is 0.0176. The van der Waals surface area contributed by atoms with Crippen LogP contribution in [0.3, 0.4) is 0 Å². The van der Waals surface area contributed by atoms with Crippen molar-refractivity contribution in [3.05, 3.63) is 35.4 Å². The summed E-state index contributed by atoms with van der Waals surface area (Å²) in [6.45, 7) is 0.641. The maximum absolute atomic E-state index is 12.2. The second-order valence-electron chi connectivity index (χ2n) is 5.89. The summed E-state index contributed by atoms with van der Waals surface area (Å²) in [4.78, 5) is 23.3. The van der Waals surface area contributed by atoms with Gasteiger partial charge in [0, 0.05) is 25.7 Å². The number of methoxy groups -OCH3 is 1. The molecule has 1 fully saturated rings. The van der Waals surface area contributed by atoms with E-state index < -0.39 is 5.97 Å². The third kappa shape index (κ3) is 4.07. The zero-order valence-electron chi connectivity index (χ0n) is 12.9. The van der Waals surface area contributed by atoms with Gasteiger partial charge in [-0.3, -0.25) is 4.79 Å². The summed E-state index contributed by atoms with van der Waals surface area (Å²) in [6, 6.07) is 6.83. The molecular formula is C17H23NO4. The van der Waals surface area contributed by atoms with Crippen molar-refractivity contribution in [1.82, 2.24) is 5.32 Å². The molecule has 120 valence electrons. The Morgan fingerprint density at radius 2 is 2.05 bits per heavy atom. The van der Waals surface area contributed by atoms with Gasteiger partial charge in [0.1, 0.15) is 0 Å². The number of carboxylic acids is 1. The Kier molecular flexibility index (Phi) is 5.55. The van der Waals surface area contributed by atoms with Gasteiger partial charge in [0.25, 0.3) is 0 Å². The molecule has 22 heavy (non-hydrogen) atoms. The number of carboxylic acid groups (broad SMARTS) is 1. The lowest BCUT2D eigenvalue weighted by Crippen LogP contribution is -2.54. The Labute approximate surface area is 130 Å². The minimum atomic E-state index is -0.952. The molecule has 0 aromatic heterocycles. The third-order valence-corrected chi connectivity index (χ3v) is 4.37. The molecule has 1 amide bonds. The standard InChI is InChI=1S/C17H23NO4/c1-22-12-11-17(9-4-10-17)18-15(19)8-7-13-5-2-3-6-14(13)16(20)21/h2-3,5-6H,4,7-12H2,1H3,(H,18,19)(H,20,21). The van der Waals surface area contributed by atoms with Gasteiger partial charge in [-0.15, -0.1) is 0 Å². The number of ether oxygens (including phenoxy) is 1. The van der Waals surface area contributed by atoms with E-state index in [0.29, 0.717) is 25.0 Å². The fraction of sp³-hybridized carbons (Fsp3) is 0.529. The average Bonchev–Trinajstić information content (AvgIpc) is 2.48. The number of rotatable bonds is 8. The Morgan fingerprint density at radius 3 is 2.64 bits per heavy atom. The number of carbonyl (C=O) groups excluding carboxylic acids is 1. The predicted octanol–water partition coefficient (Wildman–Crippen LogP) is 2.39. The summed E-state index contributed by atoms with van der Waals surface area (Å²) < 4.78 is 5.11.